The minimum absolute atomic E-state index is 0.0676. The number of aryl methyl sites for hydroxylation is 1. The van der Waals surface area contributed by atoms with Crippen molar-refractivity contribution < 1.29 is 18.7 Å². The highest BCUT2D eigenvalue weighted by molar-refractivity contribution is 5.95. The fourth-order valence-corrected chi connectivity index (χ4v) is 5.05. The van der Waals surface area contributed by atoms with Crippen LogP contribution < -0.4 is 0 Å². The first-order chi connectivity index (χ1) is 14.4. The fourth-order valence-electron chi connectivity index (χ4n) is 5.05. The van der Waals surface area contributed by atoms with Crippen LogP contribution in [-0.4, -0.2) is 34.6 Å². The third-order valence-electron chi connectivity index (χ3n) is 6.88. The molecule has 0 aromatic heterocycles. The Bertz CT molecular complexity index is 900. The van der Waals surface area contributed by atoms with Gasteiger partial charge in [0.05, 0.1) is 5.56 Å². The molecule has 30 heavy (non-hydrogen) atoms. The van der Waals surface area contributed by atoms with Crippen molar-refractivity contribution in [2.45, 2.75) is 69.4 Å². The maximum Gasteiger partial charge on any atom is 0.257 e. The van der Waals surface area contributed by atoms with Crippen molar-refractivity contribution in [3.05, 3.63) is 70.8 Å². The molecule has 0 aliphatic heterocycles. The second-order valence-corrected chi connectivity index (χ2v) is 8.92. The standard InChI is InChI=1S/C25H29F2NO2/c1-17-2-9-22(23(27)16-17)24(30)28(20-7-8-20)21-10-12-25(13-11-21,14-15-29)18-3-5-19(26)6-4-18/h2-6,9,16,20-21,29H,7-8,10-15H2,1H3. The van der Waals surface area contributed by atoms with Crippen LogP contribution in [-0.2, 0) is 5.41 Å². The van der Waals surface area contributed by atoms with Crippen molar-refractivity contribution in [2.75, 3.05) is 6.61 Å². The Morgan fingerprint density at radius 2 is 1.67 bits per heavy atom. The Hall–Kier alpha value is -2.27. The van der Waals surface area contributed by atoms with Crippen LogP contribution >= 0.6 is 0 Å². The second kappa shape index (κ2) is 8.46. The summed E-state index contributed by atoms with van der Waals surface area (Å²) in [5, 5.41) is 9.68. The van der Waals surface area contributed by atoms with Crippen molar-refractivity contribution in [3.63, 3.8) is 0 Å². The highest BCUT2D eigenvalue weighted by atomic mass is 19.1. The number of carbonyl (C=O) groups is 1. The maximum atomic E-state index is 14.5. The Balaban J connectivity index is 1.54. The van der Waals surface area contributed by atoms with Crippen LogP contribution in [0.4, 0.5) is 8.78 Å². The lowest BCUT2D eigenvalue weighted by atomic mass is 9.66. The Morgan fingerprint density at radius 3 is 2.23 bits per heavy atom. The topological polar surface area (TPSA) is 40.5 Å². The van der Waals surface area contributed by atoms with Crippen molar-refractivity contribution >= 4 is 5.91 Å². The summed E-state index contributed by atoms with van der Waals surface area (Å²) >= 11 is 0. The first-order valence-corrected chi connectivity index (χ1v) is 10.9. The molecule has 5 heteroatoms. The molecule has 0 spiro atoms. The van der Waals surface area contributed by atoms with Gasteiger partial charge in [0.25, 0.3) is 5.91 Å². The first kappa shape index (κ1) is 21.0. The largest absolute Gasteiger partial charge is 0.396 e. The molecule has 3 nitrogen and oxygen atoms in total. The van der Waals surface area contributed by atoms with Gasteiger partial charge in [-0.2, -0.15) is 0 Å². The number of halogens is 2. The van der Waals surface area contributed by atoms with Crippen molar-refractivity contribution in [1.82, 2.24) is 4.90 Å². The molecule has 4 rings (SSSR count). The number of rotatable bonds is 6. The Kier molecular flexibility index (Phi) is 5.92. The molecular weight excluding hydrogens is 384 g/mol. The average Bonchev–Trinajstić information content (AvgIpc) is 3.55. The van der Waals surface area contributed by atoms with Gasteiger partial charge in [-0.25, -0.2) is 8.78 Å². The van der Waals surface area contributed by atoms with Gasteiger partial charge in [-0.05, 0) is 92.7 Å². The predicted molar refractivity (Wildman–Crippen MR) is 112 cm³/mol. The molecule has 2 aliphatic rings. The molecule has 160 valence electrons. The predicted octanol–water partition coefficient (Wildman–Crippen LogP) is 5.14. The molecular formula is C25H29F2NO2. The van der Waals surface area contributed by atoms with E-state index in [0.717, 1.165) is 49.7 Å². The van der Waals surface area contributed by atoms with E-state index in [1.54, 1.807) is 12.1 Å². The quantitative estimate of drug-likeness (QED) is 0.712. The maximum absolute atomic E-state index is 14.5. The van der Waals surface area contributed by atoms with E-state index >= 15 is 0 Å². The lowest BCUT2D eigenvalue weighted by molar-refractivity contribution is 0.0546. The normalized spacial score (nSPS) is 23.9. The zero-order valence-corrected chi connectivity index (χ0v) is 17.4. The van der Waals surface area contributed by atoms with E-state index in [4.69, 9.17) is 0 Å². The molecule has 2 saturated carbocycles. The van der Waals surface area contributed by atoms with Crippen LogP contribution in [0, 0.1) is 18.6 Å². The van der Waals surface area contributed by atoms with Crippen LogP contribution in [0.1, 0.15) is 66.4 Å². The van der Waals surface area contributed by atoms with Gasteiger partial charge in [-0.15, -0.1) is 0 Å². The van der Waals surface area contributed by atoms with E-state index in [0.29, 0.717) is 6.42 Å². The van der Waals surface area contributed by atoms with Crippen molar-refractivity contribution in [2.24, 2.45) is 0 Å². The number of amides is 1. The molecule has 2 aliphatic carbocycles. The minimum atomic E-state index is -0.456. The molecule has 1 N–H and O–H groups in total. The lowest BCUT2D eigenvalue weighted by Crippen LogP contribution is -2.47. The van der Waals surface area contributed by atoms with Gasteiger partial charge in [0.15, 0.2) is 0 Å². The van der Waals surface area contributed by atoms with Gasteiger partial charge in [0.1, 0.15) is 11.6 Å². The zero-order valence-electron chi connectivity index (χ0n) is 17.4. The fraction of sp³-hybridized carbons (Fsp3) is 0.480. The van der Waals surface area contributed by atoms with Gasteiger partial charge in [0.2, 0.25) is 0 Å². The number of aliphatic hydroxyl groups is 1. The number of aliphatic hydroxyl groups excluding tert-OH is 1. The molecule has 0 heterocycles. The molecule has 0 saturated heterocycles. The Morgan fingerprint density at radius 1 is 1.03 bits per heavy atom. The molecule has 2 aromatic carbocycles. The van der Waals surface area contributed by atoms with E-state index in [9.17, 15) is 18.7 Å². The lowest BCUT2D eigenvalue weighted by Gasteiger charge is -2.44. The van der Waals surface area contributed by atoms with Crippen LogP contribution in [0.15, 0.2) is 42.5 Å². The number of benzene rings is 2. The number of carbonyl (C=O) groups excluding carboxylic acids is 1. The van der Waals surface area contributed by atoms with E-state index in [2.05, 4.69) is 0 Å². The van der Waals surface area contributed by atoms with Crippen molar-refractivity contribution in [3.8, 4) is 0 Å². The first-order valence-electron chi connectivity index (χ1n) is 10.9. The monoisotopic (exact) mass is 413 g/mol. The number of hydrogen-bond acceptors (Lipinski definition) is 2. The van der Waals surface area contributed by atoms with Crippen molar-refractivity contribution in [1.29, 1.82) is 0 Å². The second-order valence-electron chi connectivity index (χ2n) is 8.92. The van der Waals surface area contributed by atoms with Crippen LogP contribution in [0.2, 0.25) is 0 Å². The summed E-state index contributed by atoms with van der Waals surface area (Å²) in [7, 11) is 0. The summed E-state index contributed by atoms with van der Waals surface area (Å²) in [5.74, 6) is -0.934. The number of nitrogens with zero attached hydrogens (tertiary/aromatic N) is 1. The molecule has 2 aromatic rings. The van der Waals surface area contributed by atoms with Gasteiger partial charge in [-0.1, -0.05) is 18.2 Å². The summed E-state index contributed by atoms with van der Waals surface area (Å²) in [5.41, 5.74) is 1.79. The molecule has 2 fully saturated rings. The van der Waals surface area contributed by atoms with E-state index in [1.165, 1.54) is 18.2 Å². The smallest absolute Gasteiger partial charge is 0.257 e. The number of hydrogen-bond donors (Lipinski definition) is 1. The zero-order chi connectivity index (χ0) is 21.3. The molecule has 0 atom stereocenters. The van der Waals surface area contributed by atoms with Crippen LogP contribution in [0.3, 0.4) is 0 Å². The van der Waals surface area contributed by atoms with Gasteiger partial charge >= 0.3 is 0 Å². The summed E-state index contributed by atoms with van der Waals surface area (Å²) in [4.78, 5) is 15.2. The summed E-state index contributed by atoms with van der Waals surface area (Å²) in [6.07, 6.45) is 5.79. The Labute approximate surface area is 176 Å². The van der Waals surface area contributed by atoms with Gasteiger partial charge in [0, 0.05) is 18.7 Å². The minimum Gasteiger partial charge on any atom is -0.396 e. The third-order valence-corrected chi connectivity index (χ3v) is 6.88. The van der Waals surface area contributed by atoms with Gasteiger partial charge < -0.3 is 10.0 Å². The third kappa shape index (κ3) is 4.13. The van der Waals surface area contributed by atoms with Crippen LogP contribution in [0.25, 0.3) is 0 Å². The SMILES string of the molecule is Cc1ccc(C(=O)N(C2CC2)C2CCC(CCO)(c3ccc(F)cc3)CC2)c(F)c1. The average molecular weight is 414 g/mol. The summed E-state index contributed by atoms with van der Waals surface area (Å²) in [6.45, 7) is 1.88. The van der Waals surface area contributed by atoms with Crippen LogP contribution in [0.5, 0.6) is 0 Å². The van der Waals surface area contributed by atoms with Gasteiger partial charge in [-0.3, -0.25) is 4.79 Å². The van der Waals surface area contributed by atoms with E-state index in [1.807, 2.05) is 24.0 Å². The van der Waals surface area contributed by atoms with E-state index in [-0.39, 0.29) is 41.4 Å². The molecule has 0 unspecified atom stereocenters. The molecule has 0 radical (unpaired) electrons. The highest BCUT2D eigenvalue weighted by Crippen LogP contribution is 2.45. The summed E-state index contributed by atoms with van der Waals surface area (Å²) in [6, 6.07) is 11.6. The molecule has 0 bridgehead atoms. The summed E-state index contributed by atoms with van der Waals surface area (Å²) < 4.78 is 27.9. The highest BCUT2D eigenvalue weighted by Gasteiger charge is 2.43. The van der Waals surface area contributed by atoms with E-state index < -0.39 is 5.82 Å². The molecule has 1 amide bonds.